The third-order valence-electron chi connectivity index (χ3n) is 3.56. The van der Waals surface area contributed by atoms with Crippen molar-refractivity contribution in [1.29, 1.82) is 0 Å². The summed E-state index contributed by atoms with van der Waals surface area (Å²) in [6.07, 6.45) is 2.83. The molecule has 0 saturated carbocycles. The van der Waals surface area contributed by atoms with Crippen LogP contribution in [0.1, 0.15) is 33.6 Å². The topological polar surface area (TPSA) is 124 Å². The van der Waals surface area contributed by atoms with E-state index >= 15 is 0 Å². The molecule has 0 spiro atoms. The quantitative estimate of drug-likeness (QED) is 0.217. The molecule has 14 heteroatoms. The number of aliphatic hydroxyl groups excluding tert-OH is 1. The van der Waals surface area contributed by atoms with E-state index in [9.17, 15) is 14.4 Å². The maximum atomic E-state index is 10.3. The Morgan fingerprint density at radius 3 is 1.52 bits per heavy atom. The number of hydrogen-bond acceptors (Lipinski definition) is 9. The normalized spacial score (nSPS) is 35.3. The maximum Gasteiger partial charge on any atom is 0.478 e. The molecular weight excluding hydrogens is 484 g/mol. The number of methoxy groups -OCH3 is 1. The van der Waals surface area contributed by atoms with Gasteiger partial charge in [-0.2, -0.15) is 0 Å². The van der Waals surface area contributed by atoms with E-state index in [4.69, 9.17) is 21.6 Å². The second kappa shape index (κ2) is 13.0. The summed E-state index contributed by atoms with van der Waals surface area (Å²) in [7, 11) is -10.7. The number of allylic oxidation sites excluding steroid dienone is 1. The molecule has 170 valence electrons. The van der Waals surface area contributed by atoms with Gasteiger partial charge in [-0.15, -0.1) is 0 Å². The SMILES string of the molecule is CCC[Si]1(C)O[Si](C)(O)O[Si](C)(O)O[Si](C)(CCC)O1.COC(=O)/C=C(/C)O.[Ti]. The van der Waals surface area contributed by atoms with E-state index in [1.54, 1.807) is 0 Å². The fourth-order valence-electron chi connectivity index (χ4n) is 3.03. The van der Waals surface area contributed by atoms with Gasteiger partial charge in [0.15, 0.2) is 0 Å². The number of carbonyl (C=O) groups is 1. The van der Waals surface area contributed by atoms with Crippen molar-refractivity contribution in [2.75, 3.05) is 7.11 Å². The molecule has 1 heterocycles. The largest absolute Gasteiger partial charge is 0.512 e. The van der Waals surface area contributed by atoms with Crippen LogP contribution in [0.2, 0.25) is 38.3 Å². The van der Waals surface area contributed by atoms with Gasteiger partial charge in [-0.1, -0.05) is 26.7 Å². The summed E-state index contributed by atoms with van der Waals surface area (Å²) in [6.45, 7) is 12.5. The fourth-order valence-corrected chi connectivity index (χ4v) is 21.5. The summed E-state index contributed by atoms with van der Waals surface area (Å²) in [4.78, 5) is 30.8. The molecule has 1 fully saturated rings. The van der Waals surface area contributed by atoms with Gasteiger partial charge in [-0.3, -0.25) is 0 Å². The van der Waals surface area contributed by atoms with Gasteiger partial charge >= 0.3 is 40.7 Å². The zero-order valence-electron chi connectivity index (χ0n) is 18.7. The van der Waals surface area contributed by atoms with E-state index in [2.05, 4.69) is 18.6 Å². The summed E-state index contributed by atoms with van der Waals surface area (Å²) < 4.78 is 27.8. The van der Waals surface area contributed by atoms with Crippen molar-refractivity contribution in [3.63, 3.8) is 0 Å². The maximum absolute atomic E-state index is 10.3. The molecule has 1 saturated heterocycles. The van der Waals surface area contributed by atoms with Crippen LogP contribution in [0, 0.1) is 0 Å². The van der Waals surface area contributed by atoms with E-state index in [-0.39, 0.29) is 27.5 Å². The summed E-state index contributed by atoms with van der Waals surface area (Å²) in [5.74, 6) is -0.582. The van der Waals surface area contributed by atoms with Crippen molar-refractivity contribution in [1.82, 2.24) is 0 Å². The molecule has 0 bridgehead atoms. The average molecular weight is 521 g/mol. The summed E-state index contributed by atoms with van der Waals surface area (Å²) in [5, 5.41) is 8.41. The smallest absolute Gasteiger partial charge is 0.478 e. The Balaban J connectivity index is 0. The first-order valence-corrected chi connectivity index (χ1v) is 18.9. The molecule has 9 nitrogen and oxygen atoms in total. The van der Waals surface area contributed by atoms with Gasteiger partial charge in [0.2, 0.25) is 0 Å². The summed E-state index contributed by atoms with van der Waals surface area (Å²) in [6, 6.07) is 1.55. The fraction of sp³-hybridized carbons (Fsp3) is 0.800. The van der Waals surface area contributed by atoms with Gasteiger partial charge in [0, 0.05) is 34.8 Å². The number of ether oxygens (including phenoxy) is 1. The van der Waals surface area contributed by atoms with Crippen LogP contribution in [0.25, 0.3) is 0 Å². The predicted molar refractivity (Wildman–Crippen MR) is 114 cm³/mol. The molecule has 0 aromatic carbocycles. The average Bonchev–Trinajstić information content (AvgIpc) is 2.42. The standard InChI is InChI=1S/C10H28O6Si4.C5H8O3.Ti/c1-7-9-17(3)13-18(4,10-8-2)15-20(6,12)16-19(5,11)14-17;1-4(6)3-5(7)8-2;/h11-12H,7-10H2,1-6H3;3,6H,1-2H3;/b;4-3-;. The number of esters is 1. The van der Waals surface area contributed by atoms with Gasteiger partial charge in [0.1, 0.15) is 0 Å². The first-order valence-electron chi connectivity index (χ1n) is 9.32. The van der Waals surface area contributed by atoms with Crippen molar-refractivity contribution in [3.8, 4) is 0 Å². The van der Waals surface area contributed by atoms with Crippen LogP contribution in [0.3, 0.4) is 0 Å². The van der Waals surface area contributed by atoms with Gasteiger partial charge in [0.25, 0.3) is 0 Å². The minimum atomic E-state index is -3.42. The van der Waals surface area contributed by atoms with E-state index in [0.29, 0.717) is 0 Å². The van der Waals surface area contributed by atoms with E-state index < -0.39 is 40.7 Å². The molecule has 4 atom stereocenters. The molecule has 1 rings (SSSR count). The van der Waals surface area contributed by atoms with E-state index in [0.717, 1.165) is 31.0 Å². The van der Waals surface area contributed by atoms with Crippen LogP contribution in [0.15, 0.2) is 11.8 Å². The monoisotopic (exact) mass is 520 g/mol. The van der Waals surface area contributed by atoms with Crippen molar-refractivity contribution in [2.24, 2.45) is 0 Å². The Kier molecular flexibility index (Phi) is 14.2. The first-order chi connectivity index (χ1) is 12.6. The second-order valence-electron chi connectivity index (χ2n) is 7.28. The zero-order valence-corrected chi connectivity index (χ0v) is 24.3. The Bertz CT molecular complexity index is 516. The summed E-state index contributed by atoms with van der Waals surface area (Å²) in [5.41, 5.74) is 0. The molecule has 0 aromatic heterocycles. The van der Waals surface area contributed by atoms with Crippen molar-refractivity contribution in [3.05, 3.63) is 11.8 Å². The second-order valence-corrected chi connectivity index (χ2v) is 19.7. The van der Waals surface area contributed by atoms with Gasteiger partial charge in [0.05, 0.1) is 18.9 Å². The zero-order chi connectivity index (χ0) is 22.2. The molecule has 1 aliphatic heterocycles. The molecule has 0 amide bonds. The van der Waals surface area contributed by atoms with Crippen LogP contribution in [0.5, 0.6) is 0 Å². The molecule has 4 unspecified atom stereocenters. The predicted octanol–water partition coefficient (Wildman–Crippen LogP) is 2.77. The Hall–Kier alpha value is 0.352. The third-order valence-corrected chi connectivity index (χ3v) is 19.3. The van der Waals surface area contributed by atoms with Crippen molar-refractivity contribution < 1.29 is 62.4 Å². The van der Waals surface area contributed by atoms with Gasteiger partial charge in [-0.05, 0) is 32.1 Å². The number of hydrogen-bond donors (Lipinski definition) is 3. The van der Waals surface area contributed by atoms with Crippen molar-refractivity contribution >= 4 is 40.7 Å². The number of rotatable bonds is 5. The molecule has 3 N–H and O–H groups in total. The van der Waals surface area contributed by atoms with Crippen LogP contribution in [-0.4, -0.2) is 62.5 Å². The molecule has 0 aliphatic carbocycles. The molecule has 0 radical (unpaired) electrons. The number of carbonyl (C=O) groups excluding carboxylic acids is 1. The van der Waals surface area contributed by atoms with Crippen molar-refractivity contribution in [2.45, 2.75) is 71.9 Å². The van der Waals surface area contributed by atoms with Crippen LogP contribution in [-0.2, 0) is 47.7 Å². The molecule has 29 heavy (non-hydrogen) atoms. The third kappa shape index (κ3) is 13.4. The first kappa shape index (κ1) is 31.5. The Morgan fingerprint density at radius 1 is 0.897 bits per heavy atom. The van der Waals surface area contributed by atoms with E-state index in [1.165, 1.54) is 27.1 Å². The Labute approximate surface area is 193 Å². The minimum Gasteiger partial charge on any atom is -0.512 e. The molecule has 0 aromatic rings. The Morgan fingerprint density at radius 2 is 1.28 bits per heavy atom. The van der Waals surface area contributed by atoms with Gasteiger partial charge in [-0.25, -0.2) is 4.79 Å². The minimum absolute atomic E-state index is 0. The van der Waals surface area contributed by atoms with Crippen LogP contribution < -0.4 is 0 Å². The molecule has 1 aliphatic rings. The molecular formula is C15H36O9Si4Ti. The number of aliphatic hydroxyl groups is 1. The van der Waals surface area contributed by atoms with Crippen LogP contribution >= 0.6 is 0 Å². The summed E-state index contributed by atoms with van der Waals surface area (Å²) >= 11 is 0. The van der Waals surface area contributed by atoms with Gasteiger partial charge < -0.3 is 35.9 Å². The van der Waals surface area contributed by atoms with Crippen LogP contribution in [0.4, 0.5) is 0 Å². The van der Waals surface area contributed by atoms with E-state index in [1.807, 2.05) is 13.1 Å².